The molecule has 2 N–H and O–H groups in total. The fourth-order valence-electron chi connectivity index (χ4n) is 2.47. The van der Waals surface area contributed by atoms with Crippen molar-refractivity contribution < 1.29 is 18.3 Å². The second-order valence-corrected chi connectivity index (χ2v) is 7.37. The van der Waals surface area contributed by atoms with Gasteiger partial charge in [0.1, 0.15) is 5.82 Å². The number of rotatable bonds is 5. The molecule has 1 saturated heterocycles. The summed E-state index contributed by atoms with van der Waals surface area (Å²) >= 11 is 0. The molecule has 2 aromatic rings. The predicted octanol–water partition coefficient (Wildman–Crippen LogP) is 1.33. The molecule has 2 heterocycles. The van der Waals surface area contributed by atoms with Crippen molar-refractivity contribution in [2.45, 2.75) is 13.0 Å². The molecule has 1 aromatic heterocycles. The monoisotopic (exact) mass is 348 g/mol. The molecular weight excluding hydrogens is 332 g/mol. The number of benzene rings is 1. The molecule has 9 heteroatoms. The number of carboxylic acid groups (broad SMARTS) is 1. The molecule has 0 amide bonds. The van der Waals surface area contributed by atoms with E-state index in [1.165, 1.54) is 16.7 Å². The van der Waals surface area contributed by atoms with Crippen LogP contribution in [0.3, 0.4) is 0 Å². The van der Waals surface area contributed by atoms with Gasteiger partial charge in [0.05, 0.1) is 23.8 Å². The van der Waals surface area contributed by atoms with Crippen LogP contribution in [0.1, 0.15) is 22.5 Å². The largest absolute Gasteiger partial charge is 0.476 e. The van der Waals surface area contributed by atoms with Crippen LogP contribution in [0.25, 0.3) is 0 Å². The highest BCUT2D eigenvalue weighted by Gasteiger charge is 2.28. The highest BCUT2D eigenvalue weighted by molar-refractivity contribution is 7.93. The molecule has 0 saturated carbocycles. The van der Waals surface area contributed by atoms with E-state index in [0.29, 0.717) is 31.0 Å². The van der Waals surface area contributed by atoms with E-state index < -0.39 is 16.0 Å². The quantitative estimate of drug-likeness (QED) is 0.838. The van der Waals surface area contributed by atoms with Gasteiger partial charge in [-0.05, 0) is 24.1 Å². The molecule has 0 radical (unpaired) electrons. The lowest BCUT2D eigenvalue weighted by molar-refractivity contribution is 0.0690. The molecule has 1 aliphatic heterocycles. The van der Waals surface area contributed by atoms with Crippen LogP contribution in [0.2, 0.25) is 0 Å². The molecule has 0 atom stereocenters. The maximum atomic E-state index is 12.0. The van der Waals surface area contributed by atoms with Crippen molar-refractivity contribution in [1.82, 2.24) is 9.97 Å². The highest BCUT2D eigenvalue weighted by atomic mass is 32.2. The minimum Gasteiger partial charge on any atom is -0.476 e. The number of hydrogen-bond donors (Lipinski definition) is 2. The van der Waals surface area contributed by atoms with Gasteiger partial charge in [0, 0.05) is 13.1 Å². The van der Waals surface area contributed by atoms with Crippen LogP contribution in [-0.4, -0.2) is 41.8 Å². The molecule has 0 unspecified atom stereocenters. The fourth-order valence-corrected chi connectivity index (χ4v) is 4.03. The average molecular weight is 348 g/mol. The molecule has 1 aliphatic rings. The van der Waals surface area contributed by atoms with Gasteiger partial charge in [-0.25, -0.2) is 23.2 Å². The van der Waals surface area contributed by atoms with Crippen LogP contribution >= 0.6 is 0 Å². The summed E-state index contributed by atoms with van der Waals surface area (Å²) in [5.41, 5.74) is 1.42. The van der Waals surface area contributed by atoms with Crippen molar-refractivity contribution in [2.24, 2.45) is 0 Å². The van der Waals surface area contributed by atoms with E-state index in [9.17, 15) is 13.2 Å². The molecule has 8 nitrogen and oxygen atoms in total. The number of carboxylic acids is 1. The first-order valence-electron chi connectivity index (χ1n) is 7.34. The van der Waals surface area contributed by atoms with E-state index in [-0.39, 0.29) is 11.4 Å². The maximum absolute atomic E-state index is 12.0. The van der Waals surface area contributed by atoms with Gasteiger partial charge in [-0.2, -0.15) is 0 Å². The SMILES string of the molecule is O=C(O)c1cnc(NCc2cccc(N3CCCS3(=O)=O)c2)cn1. The molecular formula is C15H16N4O4S. The lowest BCUT2D eigenvalue weighted by atomic mass is 10.2. The minimum absolute atomic E-state index is 0.123. The molecule has 126 valence electrons. The molecule has 0 aliphatic carbocycles. The van der Waals surface area contributed by atoms with Crippen LogP contribution < -0.4 is 9.62 Å². The summed E-state index contributed by atoms with van der Waals surface area (Å²) in [4.78, 5) is 18.5. The van der Waals surface area contributed by atoms with E-state index in [1.807, 2.05) is 12.1 Å². The Kier molecular flexibility index (Phi) is 4.34. The Morgan fingerprint density at radius 1 is 1.29 bits per heavy atom. The third-order valence-corrected chi connectivity index (χ3v) is 5.51. The van der Waals surface area contributed by atoms with E-state index in [0.717, 1.165) is 5.56 Å². The topological polar surface area (TPSA) is 112 Å². The van der Waals surface area contributed by atoms with Gasteiger partial charge < -0.3 is 10.4 Å². The van der Waals surface area contributed by atoms with Gasteiger partial charge in [-0.15, -0.1) is 0 Å². The predicted molar refractivity (Wildman–Crippen MR) is 88.5 cm³/mol. The first-order valence-corrected chi connectivity index (χ1v) is 8.95. The van der Waals surface area contributed by atoms with Gasteiger partial charge in [0.25, 0.3) is 0 Å². The summed E-state index contributed by atoms with van der Waals surface area (Å²) in [7, 11) is -3.20. The fraction of sp³-hybridized carbons (Fsp3) is 0.267. The van der Waals surface area contributed by atoms with Gasteiger partial charge in [-0.3, -0.25) is 4.31 Å². The van der Waals surface area contributed by atoms with Crippen molar-refractivity contribution in [3.05, 3.63) is 47.9 Å². The standard InChI is InChI=1S/C15H16N4O4S/c20-15(21)13-9-18-14(10-16-13)17-8-11-3-1-4-12(7-11)19-5-2-6-24(19,22)23/h1,3-4,7,9-10H,2,5-6,8H2,(H,17,18)(H,20,21). The molecule has 3 rings (SSSR count). The van der Waals surface area contributed by atoms with E-state index in [4.69, 9.17) is 5.11 Å². The van der Waals surface area contributed by atoms with Gasteiger partial charge in [0.2, 0.25) is 10.0 Å². The average Bonchev–Trinajstić information content (AvgIpc) is 2.93. The first kappa shape index (κ1) is 16.2. The smallest absolute Gasteiger partial charge is 0.356 e. The Balaban J connectivity index is 1.70. The Morgan fingerprint density at radius 3 is 2.75 bits per heavy atom. The van der Waals surface area contributed by atoms with Gasteiger partial charge >= 0.3 is 5.97 Å². The van der Waals surface area contributed by atoms with Gasteiger partial charge in [0.15, 0.2) is 5.69 Å². The number of nitrogens with zero attached hydrogens (tertiary/aromatic N) is 3. The lowest BCUT2D eigenvalue weighted by Gasteiger charge is -2.17. The van der Waals surface area contributed by atoms with E-state index in [1.54, 1.807) is 12.1 Å². The van der Waals surface area contributed by atoms with Crippen LogP contribution in [0.5, 0.6) is 0 Å². The number of aromatic carboxylic acids is 1. The van der Waals surface area contributed by atoms with Crippen LogP contribution in [-0.2, 0) is 16.6 Å². The highest BCUT2D eigenvalue weighted by Crippen LogP contribution is 2.24. The van der Waals surface area contributed by atoms with Crippen LogP contribution in [0.15, 0.2) is 36.7 Å². The number of anilines is 2. The number of sulfonamides is 1. The first-order chi connectivity index (χ1) is 11.5. The summed E-state index contributed by atoms with van der Waals surface area (Å²) in [6, 6.07) is 7.26. The molecule has 24 heavy (non-hydrogen) atoms. The van der Waals surface area contributed by atoms with Crippen LogP contribution in [0, 0.1) is 0 Å². The number of hydrogen-bond acceptors (Lipinski definition) is 6. The zero-order chi connectivity index (χ0) is 17.2. The van der Waals surface area contributed by atoms with Crippen LogP contribution in [0.4, 0.5) is 11.5 Å². The van der Waals surface area contributed by atoms with Crippen molar-refractivity contribution in [3.63, 3.8) is 0 Å². The summed E-state index contributed by atoms with van der Waals surface area (Å²) < 4.78 is 25.4. The Morgan fingerprint density at radius 2 is 2.12 bits per heavy atom. The third-order valence-electron chi connectivity index (χ3n) is 3.64. The van der Waals surface area contributed by atoms with Crippen molar-refractivity contribution >= 4 is 27.5 Å². The van der Waals surface area contributed by atoms with Crippen molar-refractivity contribution in [1.29, 1.82) is 0 Å². The van der Waals surface area contributed by atoms with E-state index in [2.05, 4.69) is 15.3 Å². The van der Waals surface area contributed by atoms with Crippen molar-refractivity contribution in [3.8, 4) is 0 Å². The summed E-state index contributed by atoms with van der Waals surface area (Å²) in [6.07, 6.45) is 3.16. The number of aromatic nitrogens is 2. The maximum Gasteiger partial charge on any atom is 0.356 e. The normalized spacial score (nSPS) is 16.1. The zero-order valence-corrected chi connectivity index (χ0v) is 13.5. The summed E-state index contributed by atoms with van der Waals surface area (Å²) in [6.45, 7) is 0.921. The molecule has 0 spiro atoms. The molecule has 1 fully saturated rings. The lowest BCUT2D eigenvalue weighted by Crippen LogP contribution is -2.25. The second kappa shape index (κ2) is 6.44. The zero-order valence-electron chi connectivity index (χ0n) is 12.7. The van der Waals surface area contributed by atoms with Crippen molar-refractivity contribution in [2.75, 3.05) is 21.9 Å². The molecule has 1 aromatic carbocycles. The second-order valence-electron chi connectivity index (χ2n) is 5.36. The number of nitrogens with one attached hydrogen (secondary N) is 1. The van der Waals surface area contributed by atoms with E-state index >= 15 is 0 Å². The summed E-state index contributed by atoms with van der Waals surface area (Å²) in [5, 5.41) is 11.8. The molecule has 0 bridgehead atoms. The summed E-state index contributed by atoms with van der Waals surface area (Å²) in [5.74, 6) is -0.506. The third kappa shape index (κ3) is 3.46. The Bertz CT molecular complexity index is 852. The van der Waals surface area contributed by atoms with Gasteiger partial charge in [-0.1, -0.05) is 12.1 Å². The number of carbonyl (C=O) groups is 1. The minimum atomic E-state index is -3.20. The Labute approximate surface area is 139 Å². The Hall–Kier alpha value is -2.68.